The highest BCUT2D eigenvalue weighted by Gasteiger charge is 2.24. The van der Waals surface area contributed by atoms with E-state index >= 15 is 0 Å². The van der Waals surface area contributed by atoms with E-state index in [0.29, 0.717) is 29.7 Å². The molecule has 0 saturated heterocycles. The molecule has 0 spiro atoms. The predicted molar refractivity (Wildman–Crippen MR) is 102 cm³/mol. The summed E-state index contributed by atoms with van der Waals surface area (Å²) in [5.41, 5.74) is 2.11. The maximum absolute atomic E-state index is 12.6. The SMILES string of the molecule is CCCCCCOC(=O)c1cccc(CC)c1C(O)c1ccccc1O. The van der Waals surface area contributed by atoms with Crippen LogP contribution in [-0.4, -0.2) is 22.8 Å². The van der Waals surface area contributed by atoms with Crippen molar-refractivity contribution in [1.29, 1.82) is 0 Å². The maximum atomic E-state index is 12.6. The Balaban J connectivity index is 2.27. The number of phenols is 1. The molecule has 0 amide bonds. The van der Waals surface area contributed by atoms with Gasteiger partial charge >= 0.3 is 5.97 Å². The molecule has 0 aromatic heterocycles. The summed E-state index contributed by atoms with van der Waals surface area (Å²) in [7, 11) is 0. The van der Waals surface area contributed by atoms with Gasteiger partial charge < -0.3 is 14.9 Å². The van der Waals surface area contributed by atoms with Gasteiger partial charge in [0, 0.05) is 11.1 Å². The topological polar surface area (TPSA) is 66.8 Å². The predicted octanol–water partition coefficient (Wildman–Crippen LogP) is 4.77. The van der Waals surface area contributed by atoms with Crippen molar-refractivity contribution in [2.75, 3.05) is 6.61 Å². The molecule has 2 aromatic rings. The number of para-hydroxylation sites is 1. The van der Waals surface area contributed by atoms with Crippen LogP contribution in [0.4, 0.5) is 0 Å². The Hall–Kier alpha value is -2.33. The number of rotatable bonds is 9. The monoisotopic (exact) mass is 356 g/mol. The van der Waals surface area contributed by atoms with E-state index in [2.05, 4.69) is 6.92 Å². The molecule has 4 nitrogen and oxygen atoms in total. The first kappa shape index (κ1) is 20.0. The largest absolute Gasteiger partial charge is 0.508 e. The summed E-state index contributed by atoms with van der Waals surface area (Å²) < 4.78 is 5.42. The summed E-state index contributed by atoms with van der Waals surface area (Å²) in [6.07, 6.45) is 3.70. The lowest BCUT2D eigenvalue weighted by Crippen LogP contribution is -2.14. The van der Waals surface area contributed by atoms with Crippen LogP contribution in [0.5, 0.6) is 5.75 Å². The number of carbonyl (C=O) groups is 1. The van der Waals surface area contributed by atoms with Crippen molar-refractivity contribution in [3.8, 4) is 5.75 Å². The van der Waals surface area contributed by atoms with Gasteiger partial charge in [0.15, 0.2) is 0 Å². The second-order valence-electron chi connectivity index (χ2n) is 6.39. The fourth-order valence-corrected chi connectivity index (χ4v) is 3.07. The van der Waals surface area contributed by atoms with Crippen molar-refractivity contribution in [3.05, 3.63) is 64.7 Å². The van der Waals surface area contributed by atoms with Crippen LogP contribution >= 0.6 is 0 Å². The number of phenolic OH excluding ortho intramolecular Hbond substituents is 1. The average Bonchev–Trinajstić information content (AvgIpc) is 2.66. The van der Waals surface area contributed by atoms with Gasteiger partial charge in [0.25, 0.3) is 0 Å². The van der Waals surface area contributed by atoms with Crippen LogP contribution in [0.2, 0.25) is 0 Å². The lowest BCUT2D eigenvalue weighted by atomic mass is 9.90. The molecule has 0 bridgehead atoms. The zero-order valence-electron chi connectivity index (χ0n) is 15.6. The van der Waals surface area contributed by atoms with E-state index in [1.54, 1.807) is 30.3 Å². The van der Waals surface area contributed by atoms with E-state index in [9.17, 15) is 15.0 Å². The standard InChI is InChI=1S/C22H28O4/c1-3-5-6-9-15-26-22(25)18-13-10-11-16(4-2)20(18)21(24)17-12-7-8-14-19(17)23/h7-8,10-14,21,23-24H,3-6,9,15H2,1-2H3. The normalized spacial score (nSPS) is 12.0. The molecule has 0 heterocycles. The van der Waals surface area contributed by atoms with Crippen molar-refractivity contribution >= 4 is 5.97 Å². The summed E-state index contributed by atoms with van der Waals surface area (Å²) in [5.74, 6) is -0.425. The van der Waals surface area contributed by atoms with Crippen LogP contribution in [0.25, 0.3) is 0 Å². The summed E-state index contributed by atoms with van der Waals surface area (Å²) in [6, 6.07) is 12.0. The van der Waals surface area contributed by atoms with Gasteiger partial charge in [-0.1, -0.05) is 63.4 Å². The minimum Gasteiger partial charge on any atom is -0.508 e. The molecular formula is C22H28O4. The first-order valence-corrected chi connectivity index (χ1v) is 9.35. The molecule has 0 saturated carbocycles. The van der Waals surface area contributed by atoms with Crippen LogP contribution in [-0.2, 0) is 11.2 Å². The van der Waals surface area contributed by atoms with Gasteiger partial charge in [-0.05, 0) is 30.5 Å². The van der Waals surface area contributed by atoms with Gasteiger partial charge in [-0.25, -0.2) is 4.79 Å². The molecule has 2 rings (SSSR count). The highest BCUT2D eigenvalue weighted by Crippen LogP contribution is 2.33. The number of aryl methyl sites for hydroxylation is 1. The van der Waals surface area contributed by atoms with E-state index < -0.39 is 12.1 Å². The van der Waals surface area contributed by atoms with Gasteiger partial charge in [-0.3, -0.25) is 0 Å². The number of hydrogen-bond acceptors (Lipinski definition) is 4. The second-order valence-corrected chi connectivity index (χ2v) is 6.39. The molecule has 1 unspecified atom stereocenters. The van der Waals surface area contributed by atoms with Crippen molar-refractivity contribution in [2.24, 2.45) is 0 Å². The Kier molecular flexibility index (Phi) is 7.67. The van der Waals surface area contributed by atoms with Crippen LogP contribution < -0.4 is 0 Å². The summed E-state index contributed by atoms with van der Waals surface area (Å²) in [5, 5.41) is 21.0. The summed E-state index contributed by atoms with van der Waals surface area (Å²) in [6.45, 7) is 4.48. The third-order valence-electron chi connectivity index (χ3n) is 4.53. The Morgan fingerprint density at radius 2 is 1.81 bits per heavy atom. The number of aliphatic hydroxyl groups is 1. The molecule has 0 fully saturated rings. The quantitative estimate of drug-likeness (QED) is 0.501. The van der Waals surface area contributed by atoms with Crippen molar-refractivity contribution in [3.63, 3.8) is 0 Å². The second kappa shape index (κ2) is 9.97. The Morgan fingerprint density at radius 3 is 2.50 bits per heavy atom. The van der Waals surface area contributed by atoms with E-state index in [4.69, 9.17) is 4.74 Å². The number of carbonyl (C=O) groups excluding carboxylic acids is 1. The molecule has 0 aliphatic carbocycles. The van der Waals surface area contributed by atoms with Crippen LogP contribution in [0, 0.1) is 0 Å². The molecule has 0 aliphatic rings. The Morgan fingerprint density at radius 1 is 1.04 bits per heavy atom. The van der Waals surface area contributed by atoms with Crippen LogP contribution in [0.3, 0.4) is 0 Å². The van der Waals surface area contributed by atoms with E-state index in [-0.39, 0.29) is 5.75 Å². The molecule has 2 N–H and O–H groups in total. The number of hydrogen-bond donors (Lipinski definition) is 2. The van der Waals surface area contributed by atoms with Gasteiger partial charge in [0.2, 0.25) is 0 Å². The zero-order valence-corrected chi connectivity index (χ0v) is 15.6. The maximum Gasteiger partial charge on any atom is 0.338 e. The van der Waals surface area contributed by atoms with Crippen molar-refractivity contribution < 1.29 is 19.7 Å². The fourth-order valence-electron chi connectivity index (χ4n) is 3.07. The average molecular weight is 356 g/mol. The van der Waals surface area contributed by atoms with Gasteiger partial charge in [-0.2, -0.15) is 0 Å². The molecule has 1 atom stereocenters. The summed E-state index contributed by atoms with van der Waals surface area (Å²) in [4.78, 5) is 12.6. The van der Waals surface area contributed by atoms with Crippen LogP contribution in [0.15, 0.2) is 42.5 Å². The molecule has 140 valence electrons. The van der Waals surface area contributed by atoms with E-state index in [1.807, 2.05) is 13.0 Å². The molecule has 2 aromatic carbocycles. The van der Waals surface area contributed by atoms with Gasteiger partial charge in [0.05, 0.1) is 12.2 Å². The Labute approximate surface area is 155 Å². The molecule has 26 heavy (non-hydrogen) atoms. The number of unbranched alkanes of at least 4 members (excludes halogenated alkanes) is 3. The fraction of sp³-hybridized carbons (Fsp3) is 0.409. The molecular weight excluding hydrogens is 328 g/mol. The molecule has 0 radical (unpaired) electrons. The first-order valence-electron chi connectivity index (χ1n) is 9.35. The van der Waals surface area contributed by atoms with Crippen LogP contribution in [0.1, 0.15) is 72.7 Å². The van der Waals surface area contributed by atoms with Crippen molar-refractivity contribution in [2.45, 2.75) is 52.1 Å². The minimum absolute atomic E-state index is 0.00443. The number of aromatic hydroxyl groups is 1. The number of ether oxygens (including phenoxy) is 1. The van der Waals surface area contributed by atoms with E-state index in [0.717, 1.165) is 31.2 Å². The third kappa shape index (κ3) is 4.85. The van der Waals surface area contributed by atoms with Gasteiger partial charge in [-0.15, -0.1) is 0 Å². The number of aliphatic hydroxyl groups excluding tert-OH is 1. The Bertz CT molecular complexity index is 724. The highest BCUT2D eigenvalue weighted by atomic mass is 16.5. The van der Waals surface area contributed by atoms with Gasteiger partial charge in [0.1, 0.15) is 11.9 Å². The molecule has 4 heteroatoms. The smallest absolute Gasteiger partial charge is 0.338 e. The third-order valence-corrected chi connectivity index (χ3v) is 4.53. The number of benzene rings is 2. The van der Waals surface area contributed by atoms with E-state index in [1.165, 1.54) is 6.07 Å². The lowest BCUT2D eigenvalue weighted by Gasteiger charge is -2.20. The summed E-state index contributed by atoms with van der Waals surface area (Å²) >= 11 is 0. The highest BCUT2D eigenvalue weighted by molar-refractivity contribution is 5.92. The minimum atomic E-state index is -1.09. The zero-order chi connectivity index (χ0) is 18.9. The number of esters is 1. The molecule has 0 aliphatic heterocycles. The first-order chi connectivity index (χ1) is 12.6. The lowest BCUT2D eigenvalue weighted by molar-refractivity contribution is 0.0492. The van der Waals surface area contributed by atoms with Crippen molar-refractivity contribution in [1.82, 2.24) is 0 Å².